The SMILES string of the molecule is C=C(C)C(=O)OCCSCCOC(=O)C1CCC2(C)OC2C1.C=C(C)C(C)OCC1CCC2(CCCCCC)OC2C1. The molecule has 2 heterocycles. The molecule has 0 bridgehead atoms. The fourth-order valence-corrected chi connectivity index (χ4v) is 6.57. The van der Waals surface area contributed by atoms with Gasteiger partial charge in [-0.2, -0.15) is 11.8 Å². The van der Waals surface area contributed by atoms with Crippen molar-refractivity contribution in [1.82, 2.24) is 0 Å². The molecule has 8 heteroatoms. The minimum atomic E-state index is -0.362. The molecule has 240 valence electrons. The largest absolute Gasteiger partial charge is 0.465 e. The highest BCUT2D eigenvalue weighted by molar-refractivity contribution is 7.99. The third kappa shape index (κ3) is 11.0. The Kier molecular flexibility index (Phi) is 13.9. The minimum absolute atomic E-state index is 0.0119. The van der Waals surface area contributed by atoms with Crippen molar-refractivity contribution in [1.29, 1.82) is 0 Å². The molecule has 2 saturated carbocycles. The van der Waals surface area contributed by atoms with Crippen LogP contribution in [0.2, 0.25) is 0 Å². The molecule has 0 aromatic carbocycles. The van der Waals surface area contributed by atoms with Crippen LogP contribution in [-0.4, -0.2) is 72.8 Å². The van der Waals surface area contributed by atoms with Gasteiger partial charge in [-0.1, -0.05) is 51.3 Å². The van der Waals surface area contributed by atoms with Gasteiger partial charge in [0, 0.05) is 17.1 Å². The molecule has 2 aliphatic heterocycles. The lowest BCUT2D eigenvalue weighted by molar-refractivity contribution is -0.148. The van der Waals surface area contributed by atoms with E-state index >= 15 is 0 Å². The van der Waals surface area contributed by atoms with E-state index in [0.717, 1.165) is 31.4 Å². The summed E-state index contributed by atoms with van der Waals surface area (Å²) in [5.74, 6) is 1.61. The van der Waals surface area contributed by atoms with Gasteiger partial charge in [0.2, 0.25) is 0 Å². The summed E-state index contributed by atoms with van der Waals surface area (Å²) in [6, 6.07) is 0. The lowest BCUT2D eigenvalue weighted by Crippen LogP contribution is -2.28. The molecular weight excluding hydrogens is 552 g/mol. The third-order valence-electron chi connectivity index (χ3n) is 9.30. The number of thioether (sulfide) groups is 1. The van der Waals surface area contributed by atoms with Crippen LogP contribution in [0.3, 0.4) is 0 Å². The summed E-state index contributed by atoms with van der Waals surface area (Å²) in [7, 11) is 0. The van der Waals surface area contributed by atoms with Crippen molar-refractivity contribution >= 4 is 23.7 Å². The van der Waals surface area contributed by atoms with Crippen LogP contribution in [-0.2, 0) is 33.3 Å². The molecule has 4 aliphatic rings. The number of carbonyl (C=O) groups is 2. The zero-order valence-corrected chi connectivity index (χ0v) is 27.7. The van der Waals surface area contributed by atoms with Crippen molar-refractivity contribution < 1.29 is 33.3 Å². The molecule has 4 rings (SSSR count). The Bertz CT molecular complexity index is 922. The van der Waals surface area contributed by atoms with E-state index in [-0.39, 0.29) is 41.3 Å². The summed E-state index contributed by atoms with van der Waals surface area (Å²) in [4.78, 5) is 23.1. The van der Waals surface area contributed by atoms with E-state index in [1.807, 2.05) is 6.92 Å². The minimum Gasteiger partial charge on any atom is -0.465 e. The van der Waals surface area contributed by atoms with Crippen LogP contribution in [0.15, 0.2) is 24.3 Å². The van der Waals surface area contributed by atoms with Crippen LogP contribution >= 0.6 is 11.8 Å². The molecular formula is C34H56O7S. The number of esters is 2. The van der Waals surface area contributed by atoms with Crippen LogP contribution in [0.5, 0.6) is 0 Å². The quantitative estimate of drug-likeness (QED) is 0.0563. The first kappa shape index (κ1) is 35.1. The van der Waals surface area contributed by atoms with Crippen LogP contribution in [0.1, 0.15) is 105 Å². The van der Waals surface area contributed by atoms with E-state index in [1.165, 1.54) is 51.4 Å². The maximum absolute atomic E-state index is 12.0. The number of epoxide rings is 2. The van der Waals surface area contributed by atoms with Crippen LogP contribution in [0.25, 0.3) is 0 Å². The summed E-state index contributed by atoms with van der Waals surface area (Å²) in [5, 5.41) is 0. The van der Waals surface area contributed by atoms with E-state index in [1.54, 1.807) is 18.7 Å². The number of hydrogen-bond acceptors (Lipinski definition) is 8. The van der Waals surface area contributed by atoms with E-state index in [4.69, 9.17) is 23.7 Å². The zero-order chi connectivity index (χ0) is 30.8. The predicted octanol–water partition coefficient (Wildman–Crippen LogP) is 7.22. The fraction of sp³-hybridized carbons (Fsp3) is 0.824. The van der Waals surface area contributed by atoms with Gasteiger partial charge in [-0.05, 0) is 78.6 Å². The molecule has 7 nitrogen and oxygen atoms in total. The topological polar surface area (TPSA) is 86.9 Å². The highest BCUT2D eigenvalue weighted by atomic mass is 32.2. The molecule has 0 spiro atoms. The first-order valence-electron chi connectivity index (χ1n) is 16.2. The fourth-order valence-electron chi connectivity index (χ4n) is 5.97. The van der Waals surface area contributed by atoms with Crippen LogP contribution < -0.4 is 0 Å². The molecule has 42 heavy (non-hydrogen) atoms. The van der Waals surface area contributed by atoms with Gasteiger partial charge in [-0.15, -0.1) is 0 Å². The molecule has 0 N–H and O–H groups in total. The molecule has 0 amide bonds. The number of fused-ring (bicyclic) bond motifs is 2. The van der Waals surface area contributed by atoms with Gasteiger partial charge >= 0.3 is 11.9 Å². The Hall–Kier alpha value is -1.35. The molecule has 0 aromatic heterocycles. The second-order valence-corrected chi connectivity index (χ2v) is 14.3. The van der Waals surface area contributed by atoms with Crippen molar-refractivity contribution in [2.24, 2.45) is 11.8 Å². The van der Waals surface area contributed by atoms with Gasteiger partial charge in [0.25, 0.3) is 0 Å². The predicted molar refractivity (Wildman–Crippen MR) is 169 cm³/mol. The Balaban J connectivity index is 0.000000231. The number of unbranched alkanes of at least 4 members (excludes halogenated alkanes) is 3. The summed E-state index contributed by atoms with van der Waals surface area (Å²) in [6.45, 7) is 19.2. The molecule has 7 unspecified atom stereocenters. The van der Waals surface area contributed by atoms with Crippen LogP contribution in [0, 0.1) is 11.8 Å². The van der Waals surface area contributed by atoms with Crippen molar-refractivity contribution in [3.8, 4) is 0 Å². The third-order valence-corrected chi connectivity index (χ3v) is 10.2. The summed E-state index contributed by atoms with van der Waals surface area (Å²) in [6.07, 6.45) is 14.0. The first-order chi connectivity index (χ1) is 20.0. The van der Waals surface area contributed by atoms with E-state index in [0.29, 0.717) is 42.3 Å². The van der Waals surface area contributed by atoms with Crippen molar-refractivity contribution in [2.75, 3.05) is 31.3 Å². The van der Waals surface area contributed by atoms with Gasteiger partial charge < -0.3 is 23.7 Å². The molecule has 0 radical (unpaired) electrons. The number of carbonyl (C=O) groups excluding carboxylic acids is 2. The molecule has 4 fully saturated rings. The summed E-state index contributed by atoms with van der Waals surface area (Å²) >= 11 is 1.59. The van der Waals surface area contributed by atoms with Gasteiger partial charge in [0.05, 0.1) is 42.0 Å². The van der Waals surface area contributed by atoms with Gasteiger partial charge in [-0.3, -0.25) is 4.79 Å². The van der Waals surface area contributed by atoms with E-state index < -0.39 is 0 Å². The van der Waals surface area contributed by atoms with E-state index in [2.05, 4.69) is 33.9 Å². The van der Waals surface area contributed by atoms with Crippen LogP contribution in [0.4, 0.5) is 0 Å². The normalized spacial score (nSPS) is 31.4. The Morgan fingerprint density at radius 2 is 1.71 bits per heavy atom. The van der Waals surface area contributed by atoms with Gasteiger partial charge in [-0.25, -0.2) is 4.79 Å². The lowest BCUT2D eigenvalue weighted by atomic mass is 9.80. The maximum Gasteiger partial charge on any atom is 0.333 e. The summed E-state index contributed by atoms with van der Waals surface area (Å²) < 4.78 is 27.8. The standard InChI is InChI=1S/C18H32O2.C16H24O5S/c1-5-6-7-8-10-18-11-9-16(12-17(18)20-18)13-19-15(4)14(2)3;1-11(2)14(17)19-6-8-22-9-7-20-15(18)12-4-5-16(3)13(10-12)21-16/h15-17H,2,5-13H2,1,3-4H3;12-13H,1,4-10H2,2-3H3. The number of ether oxygens (including phenoxy) is 5. The molecule has 0 aromatic rings. The lowest BCUT2D eigenvalue weighted by Gasteiger charge is -2.26. The smallest absolute Gasteiger partial charge is 0.333 e. The van der Waals surface area contributed by atoms with Gasteiger partial charge in [0.15, 0.2) is 0 Å². The Morgan fingerprint density at radius 3 is 2.36 bits per heavy atom. The van der Waals surface area contributed by atoms with Gasteiger partial charge in [0.1, 0.15) is 13.2 Å². The maximum atomic E-state index is 12.0. The van der Waals surface area contributed by atoms with Crippen molar-refractivity contribution in [3.63, 3.8) is 0 Å². The summed E-state index contributed by atoms with van der Waals surface area (Å²) in [5.41, 5.74) is 1.84. The average molecular weight is 609 g/mol. The highest BCUT2D eigenvalue weighted by Crippen LogP contribution is 2.52. The monoisotopic (exact) mass is 608 g/mol. The van der Waals surface area contributed by atoms with Crippen molar-refractivity contribution in [2.45, 2.75) is 135 Å². The second-order valence-electron chi connectivity index (χ2n) is 13.0. The van der Waals surface area contributed by atoms with E-state index in [9.17, 15) is 9.59 Å². The Labute approximate surface area is 258 Å². The first-order valence-corrected chi connectivity index (χ1v) is 17.3. The molecule has 2 aliphatic carbocycles. The zero-order valence-electron chi connectivity index (χ0n) is 26.9. The highest BCUT2D eigenvalue weighted by Gasteiger charge is 2.58. The average Bonchev–Trinajstić information content (AvgIpc) is 3.86. The second kappa shape index (κ2) is 16.6. The molecule has 2 saturated heterocycles. The number of hydrogen-bond donors (Lipinski definition) is 0. The number of rotatable bonds is 17. The van der Waals surface area contributed by atoms with Crippen molar-refractivity contribution in [3.05, 3.63) is 24.3 Å². The Morgan fingerprint density at radius 1 is 0.976 bits per heavy atom. The molecule has 7 atom stereocenters.